The first-order chi connectivity index (χ1) is 20.2. The van der Waals surface area contributed by atoms with Crippen molar-refractivity contribution in [3.63, 3.8) is 0 Å². The number of hydrogen-bond acceptors (Lipinski definition) is 9. The quantitative estimate of drug-likeness (QED) is 0.110. The average molecular weight is 600 g/mol. The minimum absolute atomic E-state index is 0.0424. The molecule has 1 unspecified atom stereocenters. The summed E-state index contributed by atoms with van der Waals surface area (Å²) >= 11 is 0. The molecular weight excluding hydrogens is 556 g/mol. The summed E-state index contributed by atoms with van der Waals surface area (Å²) in [5, 5.41) is 26.0. The van der Waals surface area contributed by atoms with Crippen LogP contribution in [0.5, 0.6) is 0 Å². The van der Waals surface area contributed by atoms with Gasteiger partial charge < -0.3 is 39.4 Å². The van der Waals surface area contributed by atoms with Crippen LogP contribution in [0.15, 0.2) is 47.3 Å². The fraction of sp³-hybridized carbons (Fsp3) is 0.656. The Morgan fingerprint density at radius 1 is 1.21 bits per heavy atom. The lowest BCUT2D eigenvalue weighted by molar-refractivity contribution is -0.346. The Morgan fingerprint density at radius 3 is 2.53 bits per heavy atom. The molecule has 5 heterocycles. The lowest BCUT2D eigenvalue weighted by Gasteiger charge is -2.51. The third kappa shape index (κ3) is 5.50. The highest BCUT2D eigenvalue weighted by atomic mass is 16.8. The van der Waals surface area contributed by atoms with Gasteiger partial charge in [0.1, 0.15) is 12.3 Å². The number of rotatable bonds is 7. The minimum atomic E-state index is -1.19. The van der Waals surface area contributed by atoms with Gasteiger partial charge in [0.2, 0.25) is 11.7 Å². The highest BCUT2D eigenvalue weighted by molar-refractivity contribution is 6.27. The number of epoxide rings is 1. The summed E-state index contributed by atoms with van der Waals surface area (Å²) in [5.74, 6) is -4.40. The van der Waals surface area contributed by atoms with Crippen molar-refractivity contribution >= 4 is 17.6 Å². The van der Waals surface area contributed by atoms with Crippen LogP contribution < -0.4 is 10.4 Å². The lowest BCUT2D eigenvalue weighted by Crippen LogP contribution is -2.61. The Labute approximate surface area is 252 Å². The predicted molar refractivity (Wildman–Crippen MR) is 153 cm³/mol. The maximum absolute atomic E-state index is 13.6. The van der Waals surface area contributed by atoms with Crippen molar-refractivity contribution < 1.29 is 43.5 Å². The van der Waals surface area contributed by atoms with E-state index in [1.165, 1.54) is 18.0 Å². The number of carbonyl (C=O) groups excluding carboxylic acids is 3. The number of ketones is 1. The zero-order valence-electron chi connectivity index (χ0n) is 25.9. The number of ether oxygens (including phenoxy) is 4. The van der Waals surface area contributed by atoms with Gasteiger partial charge in [0.15, 0.2) is 11.4 Å². The molecule has 2 N–H and O–H groups in total. The van der Waals surface area contributed by atoms with Gasteiger partial charge in [-0.3, -0.25) is 14.4 Å². The molecule has 0 aromatic heterocycles. The van der Waals surface area contributed by atoms with Crippen LogP contribution in [-0.2, 0) is 33.3 Å². The fourth-order valence-electron chi connectivity index (χ4n) is 6.81. The number of Topliss-reactive ketones (excluding diaryl/α,β-unsaturated/α-hetero) is 1. The highest BCUT2D eigenvalue weighted by Crippen LogP contribution is 2.52. The summed E-state index contributed by atoms with van der Waals surface area (Å²) in [6.07, 6.45) is 7.13. The normalized spacial score (nSPS) is 42.0. The summed E-state index contributed by atoms with van der Waals surface area (Å²) in [7, 11) is 1.45. The van der Waals surface area contributed by atoms with Crippen LogP contribution in [0.3, 0.4) is 0 Å². The number of likely N-dealkylation sites (tertiary alicyclic amines) is 1. The van der Waals surface area contributed by atoms with Gasteiger partial charge in [0.25, 0.3) is 5.91 Å². The van der Waals surface area contributed by atoms with E-state index in [0.29, 0.717) is 13.0 Å². The SMILES string of the molecule is CNC(=O)[C@@H](C)[C@H]1C(=O)/C(=C([O-])/C=C/C(C)=C/[C@@H](C)[C@H]2O[C@]3(C)O[C@@H](C=C[C@@]34CO4)[C@@H]2C)C(=O)N1C1CC[C@H](O)[C@H](C)O1. The van der Waals surface area contributed by atoms with Gasteiger partial charge in [-0.1, -0.05) is 56.4 Å². The Hall–Kier alpha value is -2.83. The fourth-order valence-corrected chi connectivity index (χ4v) is 6.81. The number of nitrogens with zero attached hydrogens (tertiary/aromatic N) is 1. The molecule has 5 rings (SSSR count). The maximum Gasteiger partial charge on any atom is 0.259 e. The van der Waals surface area contributed by atoms with Crippen molar-refractivity contribution in [1.29, 1.82) is 0 Å². The second-order valence-electron chi connectivity index (χ2n) is 12.7. The van der Waals surface area contributed by atoms with Crippen LogP contribution in [0.25, 0.3) is 0 Å². The molecule has 4 fully saturated rings. The predicted octanol–water partition coefficient (Wildman–Crippen LogP) is 1.26. The highest BCUT2D eigenvalue weighted by Gasteiger charge is 2.66. The standard InChI is InChI=1S/C32H44N2O9/c1-16(14-17(2)28-18(3)23-12-13-32(15-40-32)31(6,42-23)43-28)8-9-22(36)25-27(37)26(19(4)29(38)33-7)34(30(25)39)24-11-10-21(35)20(5)41-24/h8-9,12-14,17-21,23-24,26,28,35-36H,10-11,15H2,1-7H3,(H,33,38)/p-1/b9-8+,16-14+,25-22+/t17-,18+,19+,20+,21+,23+,24?,26+,28-,31+,32-/m1/s1. The molecule has 2 amide bonds. The number of aliphatic hydroxyl groups excluding tert-OH is 1. The average Bonchev–Trinajstić information content (AvgIpc) is 3.71. The summed E-state index contributed by atoms with van der Waals surface area (Å²) in [5.41, 5.74) is -0.287. The third-order valence-electron chi connectivity index (χ3n) is 9.66. The molecule has 236 valence electrons. The van der Waals surface area contributed by atoms with E-state index in [1.807, 2.05) is 39.0 Å². The summed E-state index contributed by atoms with van der Waals surface area (Å²) in [6, 6.07) is -1.19. The van der Waals surface area contributed by atoms with E-state index in [2.05, 4.69) is 12.2 Å². The van der Waals surface area contributed by atoms with E-state index in [-0.39, 0.29) is 30.5 Å². The molecule has 5 aliphatic heterocycles. The summed E-state index contributed by atoms with van der Waals surface area (Å²) in [4.78, 5) is 40.9. The van der Waals surface area contributed by atoms with Crippen molar-refractivity contribution in [3.05, 3.63) is 47.3 Å². The molecule has 0 saturated carbocycles. The molecule has 0 aromatic rings. The molecule has 11 nitrogen and oxygen atoms in total. The molecule has 0 aliphatic carbocycles. The number of allylic oxidation sites excluding steroid dienone is 3. The second kappa shape index (κ2) is 11.6. The number of fused-ring (bicyclic) bond motifs is 3. The van der Waals surface area contributed by atoms with Gasteiger partial charge in [-0.25, -0.2) is 0 Å². The lowest BCUT2D eigenvalue weighted by atomic mass is 9.82. The van der Waals surface area contributed by atoms with Gasteiger partial charge in [-0.2, -0.15) is 0 Å². The van der Waals surface area contributed by atoms with E-state index in [4.69, 9.17) is 18.9 Å². The van der Waals surface area contributed by atoms with E-state index >= 15 is 0 Å². The molecule has 2 bridgehead atoms. The first-order valence-corrected chi connectivity index (χ1v) is 15.1. The number of nitrogens with one attached hydrogen (secondary N) is 1. The molecule has 11 atom stereocenters. The van der Waals surface area contributed by atoms with Crippen molar-refractivity contribution in [2.75, 3.05) is 13.7 Å². The zero-order chi connectivity index (χ0) is 31.4. The van der Waals surface area contributed by atoms with Crippen LogP contribution >= 0.6 is 0 Å². The van der Waals surface area contributed by atoms with Crippen LogP contribution in [-0.4, -0.2) is 89.3 Å². The molecule has 0 aromatic carbocycles. The molecule has 0 radical (unpaired) electrons. The number of hydrogen-bond donors (Lipinski definition) is 2. The molecule has 1 spiro atoms. The van der Waals surface area contributed by atoms with Crippen molar-refractivity contribution in [3.8, 4) is 0 Å². The third-order valence-corrected chi connectivity index (χ3v) is 9.66. The van der Waals surface area contributed by atoms with Crippen LogP contribution in [0, 0.1) is 17.8 Å². The minimum Gasteiger partial charge on any atom is -0.872 e. The van der Waals surface area contributed by atoms with E-state index in [0.717, 1.165) is 5.57 Å². The first kappa shape index (κ1) is 31.6. The number of amides is 2. The molecule has 11 heteroatoms. The van der Waals surface area contributed by atoms with E-state index in [9.17, 15) is 24.6 Å². The van der Waals surface area contributed by atoms with Gasteiger partial charge >= 0.3 is 0 Å². The second-order valence-corrected chi connectivity index (χ2v) is 12.7. The first-order valence-electron chi connectivity index (χ1n) is 15.1. The van der Waals surface area contributed by atoms with Gasteiger partial charge in [-0.15, -0.1) is 0 Å². The smallest absolute Gasteiger partial charge is 0.259 e. The van der Waals surface area contributed by atoms with Crippen LogP contribution in [0.2, 0.25) is 0 Å². The van der Waals surface area contributed by atoms with Crippen molar-refractivity contribution in [2.24, 2.45) is 17.8 Å². The van der Waals surface area contributed by atoms with Crippen molar-refractivity contribution in [2.45, 2.75) is 102 Å². The largest absolute Gasteiger partial charge is 0.872 e. The van der Waals surface area contributed by atoms with Gasteiger partial charge in [0, 0.05) is 18.9 Å². The number of carbonyl (C=O) groups is 3. The summed E-state index contributed by atoms with van der Waals surface area (Å²) < 4.78 is 24.3. The van der Waals surface area contributed by atoms with Crippen LogP contribution in [0.1, 0.15) is 54.4 Å². The Kier molecular flexibility index (Phi) is 8.51. The number of aliphatic hydroxyl groups is 1. The Bertz CT molecular complexity index is 1280. The molecule has 4 saturated heterocycles. The summed E-state index contributed by atoms with van der Waals surface area (Å²) in [6.45, 7) is 11.6. The zero-order valence-corrected chi connectivity index (χ0v) is 25.9. The Balaban J connectivity index is 1.36. The van der Waals surface area contributed by atoms with Gasteiger partial charge in [0.05, 0.1) is 42.5 Å². The van der Waals surface area contributed by atoms with Crippen LogP contribution in [0.4, 0.5) is 0 Å². The molecular formula is C32H43N2O9-. The topological polar surface area (TPSA) is 150 Å². The maximum atomic E-state index is 13.6. The monoisotopic (exact) mass is 599 g/mol. The van der Waals surface area contributed by atoms with E-state index in [1.54, 1.807) is 19.9 Å². The molecule has 43 heavy (non-hydrogen) atoms. The Morgan fingerprint density at radius 2 is 1.91 bits per heavy atom. The van der Waals surface area contributed by atoms with Crippen molar-refractivity contribution in [1.82, 2.24) is 10.2 Å². The molecule has 5 aliphatic rings. The van der Waals surface area contributed by atoms with Gasteiger partial charge in [-0.05, 0) is 39.7 Å². The van der Waals surface area contributed by atoms with E-state index < -0.39 is 70.7 Å².